The lowest BCUT2D eigenvalue weighted by Crippen LogP contribution is -2.42. The van der Waals surface area contributed by atoms with E-state index < -0.39 is 0 Å². The molecule has 1 N–H and O–H groups in total. The second-order valence-electron chi connectivity index (χ2n) is 7.14. The van der Waals surface area contributed by atoms with Crippen molar-refractivity contribution in [2.24, 2.45) is 5.92 Å². The van der Waals surface area contributed by atoms with Crippen molar-refractivity contribution in [2.45, 2.75) is 25.9 Å². The van der Waals surface area contributed by atoms with E-state index >= 15 is 0 Å². The van der Waals surface area contributed by atoms with Crippen molar-refractivity contribution in [3.05, 3.63) is 72.2 Å². The van der Waals surface area contributed by atoms with Crippen molar-refractivity contribution in [1.82, 2.24) is 20.0 Å². The first kappa shape index (κ1) is 18.4. The zero-order valence-corrected chi connectivity index (χ0v) is 15.6. The highest BCUT2D eigenvalue weighted by atomic mass is 19.1. The number of benzene rings is 1. The molecule has 3 heterocycles. The normalized spacial score (nSPS) is 17.5. The molecule has 2 aromatic heterocycles. The number of nitrogens with zero attached hydrogens (tertiary/aromatic N) is 3. The standard InChI is InChI=1S/C21H23FN4O2/c22-18-5-1-6-19(10-18)26-13-16(12-24-26)11-23-21(27)17-4-2-8-25(14-17)15-20-7-3-9-28-20/h1,3,5-7,9-10,12-13,17H,2,4,8,11,14-15H2,(H,23,27)/t17-/m1/s1. The predicted octanol–water partition coefficient (Wildman–Crippen LogP) is 3.13. The third kappa shape index (κ3) is 4.48. The summed E-state index contributed by atoms with van der Waals surface area (Å²) in [6.07, 6.45) is 7.06. The van der Waals surface area contributed by atoms with Crippen molar-refractivity contribution in [2.75, 3.05) is 13.1 Å². The number of hydrogen-bond donors (Lipinski definition) is 1. The molecule has 3 aromatic rings. The number of piperidine rings is 1. The number of amides is 1. The van der Waals surface area contributed by atoms with E-state index in [1.165, 1.54) is 12.1 Å². The number of carbonyl (C=O) groups excluding carboxylic acids is 1. The van der Waals surface area contributed by atoms with Gasteiger partial charge in [0, 0.05) is 24.8 Å². The van der Waals surface area contributed by atoms with Crippen LogP contribution in [0.15, 0.2) is 59.5 Å². The molecule has 6 nitrogen and oxygen atoms in total. The maximum Gasteiger partial charge on any atom is 0.224 e. The zero-order chi connectivity index (χ0) is 19.3. The Bertz CT molecular complexity index is 922. The number of rotatable bonds is 6. The summed E-state index contributed by atoms with van der Waals surface area (Å²) in [6.45, 7) is 2.85. The van der Waals surface area contributed by atoms with E-state index in [9.17, 15) is 9.18 Å². The largest absolute Gasteiger partial charge is 0.468 e. The monoisotopic (exact) mass is 382 g/mol. The quantitative estimate of drug-likeness (QED) is 0.711. The molecule has 1 aliphatic heterocycles. The fraction of sp³-hybridized carbons (Fsp3) is 0.333. The van der Waals surface area contributed by atoms with Gasteiger partial charge < -0.3 is 9.73 Å². The number of halogens is 1. The molecule has 0 aliphatic carbocycles. The summed E-state index contributed by atoms with van der Waals surface area (Å²) in [5, 5.41) is 7.26. The van der Waals surface area contributed by atoms with E-state index in [2.05, 4.69) is 15.3 Å². The molecule has 0 spiro atoms. The molecule has 1 fully saturated rings. The van der Waals surface area contributed by atoms with Crippen molar-refractivity contribution in [1.29, 1.82) is 0 Å². The number of furan rings is 1. The molecule has 146 valence electrons. The molecule has 1 saturated heterocycles. The molecule has 4 rings (SSSR count). The summed E-state index contributed by atoms with van der Waals surface area (Å²) < 4.78 is 20.4. The molecule has 28 heavy (non-hydrogen) atoms. The lowest BCUT2D eigenvalue weighted by Gasteiger charge is -2.31. The molecule has 1 atom stereocenters. The molecule has 1 amide bonds. The second-order valence-corrected chi connectivity index (χ2v) is 7.14. The SMILES string of the molecule is O=C(NCc1cnn(-c2cccc(F)c2)c1)[C@@H]1CCCN(Cc2ccco2)C1. The Labute approximate surface area is 162 Å². The van der Waals surface area contributed by atoms with Gasteiger partial charge in [0.15, 0.2) is 0 Å². The van der Waals surface area contributed by atoms with Crippen molar-refractivity contribution < 1.29 is 13.6 Å². The Morgan fingerprint density at radius 1 is 1.32 bits per heavy atom. The number of hydrogen-bond acceptors (Lipinski definition) is 4. The predicted molar refractivity (Wildman–Crippen MR) is 102 cm³/mol. The van der Waals surface area contributed by atoms with Gasteiger partial charge in [-0.3, -0.25) is 9.69 Å². The summed E-state index contributed by atoms with van der Waals surface area (Å²) in [6, 6.07) is 10.1. The molecule has 1 aliphatic rings. The Kier molecular flexibility index (Phi) is 5.53. The van der Waals surface area contributed by atoms with Gasteiger partial charge in [0.25, 0.3) is 0 Å². The summed E-state index contributed by atoms with van der Waals surface area (Å²) in [4.78, 5) is 14.9. The van der Waals surface area contributed by atoms with Crippen LogP contribution in [0.5, 0.6) is 0 Å². The third-order valence-corrected chi connectivity index (χ3v) is 5.01. The van der Waals surface area contributed by atoms with Gasteiger partial charge in [0.05, 0.1) is 30.6 Å². The first-order valence-electron chi connectivity index (χ1n) is 9.49. The highest BCUT2D eigenvalue weighted by Crippen LogP contribution is 2.19. The topological polar surface area (TPSA) is 63.3 Å². The van der Waals surface area contributed by atoms with Crippen LogP contribution in [-0.2, 0) is 17.9 Å². The molecule has 0 unspecified atom stereocenters. The molecule has 0 saturated carbocycles. The van der Waals surface area contributed by atoms with Crippen LogP contribution in [0.3, 0.4) is 0 Å². The Balaban J connectivity index is 1.30. The first-order valence-corrected chi connectivity index (χ1v) is 9.49. The Hall–Kier alpha value is -2.93. The first-order chi connectivity index (χ1) is 13.7. The molecular weight excluding hydrogens is 359 g/mol. The second kappa shape index (κ2) is 8.39. The van der Waals surface area contributed by atoms with Crippen LogP contribution in [0.2, 0.25) is 0 Å². The summed E-state index contributed by atoms with van der Waals surface area (Å²) in [7, 11) is 0. The summed E-state index contributed by atoms with van der Waals surface area (Å²) >= 11 is 0. The van der Waals surface area contributed by atoms with Crippen LogP contribution in [0, 0.1) is 11.7 Å². The van der Waals surface area contributed by atoms with E-state index in [1.54, 1.807) is 35.5 Å². The number of carbonyl (C=O) groups is 1. The van der Waals surface area contributed by atoms with Gasteiger partial charge in [-0.05, 0) is 49.7 Å². The summed E-state index contributed by atoms with van der Waals surface area (Å²) in [5.41, 5.74) is 1.53. The van der Waals surface area contributed by atoms with Gasteiger partial charge in [-0.25, -0.2) is 9.07 Å². The van der Waals surface area contributed by atoms with E-state index in [4.69, 9.17) is 4.42 Å². The average molecular weight is 382 g/mol. The van der Waals surface area contributed by atoms with Crippen molar-refractivity contribution in [3.63, 3.8) is 0 Å². The minimum atomic E-state index is -0.306. The van der Waals surface area contributed by atoms with Gasteiger partial charge in [0.2, 0.25) is 5.91 Å². The lowest BCUT2D eigenvalue weighted by atomic mass is 9.97. The minimum Gasteiger partial charge on any atom is -0.468 e. The van der Waals surface area contributed by atoms with Crippen LogP contribution in [-0.4, -0.2) is 33.7 Å². The molecule has 7 heteroatoms. The van der Waals surface area contributed by atoms with Crippen molar-refractivity contribution in [3.8, 4) is 5.69 Å². The fourth-order valence-corrected chi connectivity index (χ4v) is 3.58. The van der Waals surface area contributed by atoms with Crippen LogP contribution in [0.25, 0.3) is 5.69 Å². The van der Waals surface area contributed by atoms with Gasteiger partial charge in [-0.2, -0.15) is 5.10 Å². The number of aromatic nitrogens is 2. The molecular formula is C21H23FN4O2. The summed E-state index contributed by atoms with van der Waals surface area (Å²) in [5.74, 6) is 0.648. The van der Waals surface area contributed by atoms with E-state index in [0.29, 0.717) is 12.2 Å². The van der Waals surface area contributed by atoms with Crippen LogP contribution in [0.1, 0.15) is 24.2 Å². The maximum atomic E-state index is 13.4. The lowest BCUT2D eigenvalue weighted by molar-refractivity contribution is -0.127. The van der Waals surface area contributed by atoms with Crippen LogP contribution in [0.4, 0.5) is 4.39 Å². The minimum absolute atomic E-state index is 0.0259. The molecule has 1 aromatic carbocycles. The molecule has 0 radical (unpaired) electrons. The number of likely N-dealkylation sites (tertiary alicyclic amines) is 1. The third-order valence-electron chi connectivity index (χ3n) is 5.01. The fourth-order valence-electron chi connectivity index (χ4n) is 3.58. The highest BCUT2D eigenvalue weighted by Gasteiger charge is 2.26. The zero-order valence-electron chi connectivity index (χ0n) is 15.6. The number of nitrogens with one attached hydrogen (secondary N) is 1. The Morgan fingerprint density at radius 2 is 2.25 bits per heavy atom. The smallest absolute Gasteiger partial charge is 0.224 e. The van der Waals surface area contributed by atoms with Gasteiger partial charge in [-0.1, -0.05) is 6.07 Å². The van der Waals surface area contributed by atoms with Gasteiger partial charge in [-0.15, -0.1) is 0 Å². The van der Waals surface area contributed by atoms with Gasteiger partial charge in [0.1, 0.15) is 11.6 Å². The van der Waals surface area contributed by atoms with Gasteiger partial charge >= 0.3 is 0 Å². The van der Waals surface area contributed by atoms with E-state index in [1.807, 2.05) is 12.1 Å². The highest BCUT2D eigenvalue weighted by molar-refractivity contribution is 5.78. The average Bonchev–Trinajstić information content (AvgIpc) is 3.38. The Morgan fingerprint density at radius 3 is 3.07 bits per heavy atom. The van der Waals surface area contributed by atoms with E-state index in [0.717, 1.165) is 43.8 Å². The molecule has 0 bridgehead atoms. The van der Waals surface area contributed by atoms with E-state index in [-0.39, 0.29) is 17.6 Å². The maximum absolute atomic E-state index is 13.4. The van der Waals surface area contributed by atoms with Crippen LogP contribution < -0.4 is 5.32 Å². The van der Waals surface area contributed by atoms with Crippen LogP contribution >= 0.6 is 0 Å². The van der Waals surface area contributed by atoms with Crippen molar-refractivity contribution >= 4 is 5.91 Å².